The molecule has 2 aliphatic heterocycles. The molecule has 2 aliphatic rings. The Morgan fingerprint density at radius 2 is 1.69 bits per heavy atom. The minimum absolute atomic E-state index is 0.0151. The lowest BCUT2D eigenvalue weighted by Crippen LogP contribution is -2.43. The Morgan fingerprint density at radius 3 is 2.41 bits per heavy atom. The second kappa shape index (κ2) is 8.49. The van der Waals surface area contributed by atoms with Gasteiger partial charge in [0.25, 0.3) is 0 Å². The third-order valence-corrected chi connectivity index (χ3v) is 4.36. The maximum atomic E-state index is 13.6. The summed E-state index contributed by atoms with van der Waals surface area (Å²) in [6.45, 7) is 4.44. The zero-order valence-electron chi connectivity index (χ0n) is 16.8. The van der Waals surface area contributed by atoms with Gasteiger partial charge in [0, 0.05) is 24.5 Å². The first kappa shape index (κ1) is 21.0. The third-order valence-electron chi connectivity index (χ3n) is 4.36. The number of guanidine groups is 2. The van der Waals surface area contributed by atoms with Crippen LogP contribution in [0, 0.1) is 0 Å². The van der Waals surface area contributed by atoms with Crippen LogP contribution in [0.4, 0.5) is 25.8 Å². The molecular formula is C20H18F2N6O4. The van der Waals surface area contributed by atoms with Crippen molar-refractivity contribution in [3.8, 4) is 17.2 Å². The van der Waals surface area contributed by atoms with Gasteiger partial charge in [-0.25, -0.2) is 9.79 Å². The SMILES string of the molecule is C=NC(=NC(=NC)Nc1ccc2c(c1)NC(F)(F)C(=O)O2)Nc1ccc2c(c1)OCCO2. The highest BCUT2D eigenvalue weighted by Gasteiger charge is 2.45. The molecule has 0 aliphatic carbocycles. The molecule has 2 aromatic rings. The predicted molar refractivity (Wildman–Crippen MR) is 116 cm³/mol. The summed E-state index contributed by atoms with van der Waals surface area (Å²) in [5.41, 5.74) is 0.950. The standard InChI is InChI=1S/C20H18F2N6O4/c1-23-18(25-11-3-5-14-13(9-11)28-20(21,22)17(29)32-14)27-19(24-2)26-12-4-6-15-16(10-12)31-8-7-30-15/h3-6,9-10,28H,2,7-8H2,1H3,(H2,23,25,26,27). The number of carbonyl (C=O) groups excluding carboxylic acids is 1. The minimum Gasteiger partial charge on any atom is -0.486 e. The number of esters is 1. The van der Waals surface area contributed by atoms with Crippen molar-refractivity contribution < 1.29 is 27.8 Å². The van der Waals surface area contributed by atoms with Gasteiger partial charge in [0.05, 0.1) is 5.69 Å². The van der Waals surface area contributed by atoms with Gasteiger partial charge >= 0.3 is 12.0 Å². The van der Waals surface area contributed by atoms with E-state index in [1.807, 2.05) is 5.32 Å². The monoisotopic (exact) mass is 444 g/mol. The van der Waals surface area contributed by atoms with Crippen molar-refractivity contribution in [2.45, 2.75) is 6.05 Å². The molecule has 32 heavy (non-hydrogen) atoms. The van der Waals surface area contributed by atoms with Gasteiger partial charge < -0.3 is 30.2 Å². The summed E-state index contributed by atoms with van der Waals surface area (Å²) in [5, 5.41) is 7.71. The van der Waals surface area contributed by atoms with Crippen LogP contribution in [-0.2, 0) is 4.79 Å². The molecule has 0 spiro atoms. The van der Waals surface area contributed by atoms with Crippen molar-refractivity contribution in [1.29, 1.82) is 0 Å². The normalized spacial score (nSPS) is 16.9. The summed E-state index contributed by atoms with van der Waals surface area (Å²) in [7, 11) is 1.49. The van der Waals surface area contributed by atoms with Gasteiger partial charge in [-0.15, -0.1) is 0 Å². The van der Waals surface area contributed by atoms with Gasteiger partial charge in [0.2, 0.25) is 11.9 Å². The van der Waals surface area contributed by atoms with E-state index in [4.69, 9.17) is 9.47 Å². The fraction of sp³-hybridized carbons (Fsp3) is 0.200. The molecule has 10 nitrogen and oxygen atoms in total. The number of anilines is 3. The summed E-state index contributed by atoms with van der Waals surface area (Å²) in [6.07, 6.45) is 0. The molecule has 0 saturated carbocycles. The molecule has 2 heterocycles. The fourth-order valence-corrected chi connectivity index (χ4v) is 2.89. The maximum absolute atomic E-state index is 13.6. The fourth-order valence-electron chi connectivity index (χ4n) is 2.89. The summed E-state index contributed by atoms with van der Waals surface area (Å²) >= 11 is 0. The second-order valence-corrected chi connectivity index (χ2v) is 6.55. The van der Waals surface area contributed by atoms with Gasteiger partial charge in [-0.05, 0) is 37.0 Å². The molecule has 0 unspecified atom stereocenters. The van der Waals surface area contributed by atoms with Gasteiger partial charge in [-0.3, -0.25) is 4.99 Å². The van der Waals surface area contributed by atoms with Crippen LogP contribution >= 0.6 is 0 Å². The predicted octanol–water partition coefficient (Wildman–Crippen LogP) is 2.95. The van der Waals surface area contributed by atoms with E-state index in [9.17, 15) is 13.6 Å². The van der Waals surface area contributed by atoms with Crippen LogP contribution in [0.3, 0.4) is 0 Å². The smallest absolute Gasteiger partial charge is 0.421 e. The summed E-state index contributed by atoms with van der Waals surface area (Å²) < 4.78 is 42.8. The largest absolute Gasteiger partial charge is 0.486 e. The lowest BCUT2D eigenvalue weighted by atomic mass is 10.2. The van der Waals surface area contributed by atoms with E-state index in [1.165, 1.54) is 25.2 Å². The Balaban J connectivity index is 1.50. The number of ether oxygens (including phenoxy) is 3. The number of rotatable bonds is 2. The van der Waals surface area contributed by atoms with Crippen LogP contribution in [0.25, 0.3) is 0 Å². The molecule has 0 aromatic heterocycles. The molecule has 0 saturated heterocycles. The number of nitrogens with zero attached hydrogens (tertiary/aromatic N) is 3. The van der Waals surface area contributed by atoms with E-state index >= 15 is 0 Å². The molecule has 0 atom stereocenters. The number of carbonyl (C=O) groups is 1. The molecule has 166 valence electrons. The molecule has 0 amide bonds. The van der Waals surface area contributed by atoms with Gasteiger partial charge in [-0.1, -0.05) is 0 Å². The van der Waals surface area contributed by atoms with Crippen molar-refractivity contribution in [2.24, 2.45) is 15.0 Å². The van der Waals surface area contributed by atoms with Crippen LogP contribution in [0.15, 0.2) is 51.4 Å². The Labute approximate surface area is 181 Å². The van der Waals surface area contributed by atoms with Crippen molar-refractivity contribution in [3.05, 3.63) is 36.4 Å². The Morgan fingerprint density at radius 1 is 1.03 bits per heavy atom. The average molecular weight is 444 g/mol. The number of halogens is 2. The highest BCUT2D eigenvalue weighted by Crippen LogP contribution is 2.36. The summed E-state index contributed by atoms with van der Waals surface area (Å²) in [5.74, 6) is -0.201. The van der Waals surface area contributed by atoms with Gasteiger partial charge in [0.15, 0.2) is 17.2 Å². The molecule has 0 bridgehead atoms. The molecule has 0 radical (unpaired) electrons. The topological polar surface area (TPSA) is 118 Å². The number of alkyl halides is 2. The lowest BCUT2D eigenvalue weighted by molar-refractivity contribution is -0.158. The summed E-state index contributed by atoms with van der Waals surface area (Å²) in [6, 6.07) is 5.67. The second-order valence-electron chi connectivity index (χ2n) is 6.55. The van der Waals surface area contributed by atoms with E-state index in [0.29, 0.717) is 36.1 Å². The number of aliphatic imine (C=N–C) groups is 3. The van der Waals surface area contributed by atoms with Crippen molar-refractivity contribution in [3.63, 3.8) is 0 Å². The number of hydrogen-bond acceptors (Lipinski definition) is 6. The van der Waals surface area contributed by atoms with Gasteiger partial charge in [0.1, 0.15) is 13.2 Å². The van der Waals surface area contributed by atoms with Crippen LogP contribution in [0.1, 0.15) is 0 Å². The number of fused-ring (bicyclic) bond motifs is 2. The summed E-state index contributed by atoms with van der Waals surface area (Å²) in [4.78, 5) is 23.4. The Kier molecular flexibility index (Phi) is 5.58. The van der Waals surface area contributed by atoms with E-state index in [0.717, 1.165) is 0 Å². The zero-order valence-corrected chi connectivity index (χ0v) is 16.8. The number of nitrogens with one attached hydrogen (secondary N) is 3. The van der Waals surface area contributed by atoms with E-state index in [-0.39, 0.29) is 23.4 Å². The minimum atomic E-state index is -3.82. The van der Waals surface area contributed by atoms with Crippen LogP contribution in [0.2, 0.25) is 0 Å². The van der Waals surface area contributed by atoms with Crippen molar-refractivity contribution in [2.75, 3.05) is 36.2 Å². The quantitative estimate of drug-likeness (QED) is 0.214. The van der Waals surface area contributed by atoms with Crippen LogP contribution < -0.4 is 30.2 Å². The molecule has 0 fully saturated rings. The maximum Gasteiger partial charge on any atom is 0.421 e. The van der Waals surface area contributed by atoms with Crippen LogP contribution in [-0.4, -0.2) is 50.9 Å². The molecule has 12 heteroatoms. The number of benzene rings is 2. The molecule has 3 N–H and O–H groups in total. The molecule has 4 rings (SSSR count). The van der Waals surface area contributed by atoms with Crippen LogP contribution in [0.5, 0.6) is 17.2 Å². The first-order valence-corrected chi connectivity index (χ1v) is 9.36. The van der Waals surface area contributed by atoms with Gasteiger partial charge in [-0.2, -0.15) is 13.8 Å². The van der Waals surface area contributed by atoms with E-state index < -0.39 is 12.0 Å². The zero-order chi connectivity index (χ0) is 22.7. The highest BCUT2D eigenvalue weighted by atomic mass is 19.3. The highest BCUT2D eigenvalue weighted by molar-refractivity contribution is 6.07. The molecular weight excluding hydrogens is 426 g/mol. The Bertz CT molecular complexity index is 1140. The molecule has 2 aromatic carbocycles. The van der Waals surface area contributed by atoms with E-state index in [2.05, 4.69) is 37.1 Å². The number of hydrogen-bond donors (Lipinski definition) is 3. The Hall–Kier alpha value is -4.22. The van der Waals surface area contributed by atoms with E-state index in [1.54, 1.807) is 18.2 Å². The lowest BCUT2D eigenvalue weighted by Gasteiger charge is -2.25. The average Bonchev–Trinajstić information content (AvgIpc) is 2.78. The van der Waals surface area contributed by atoms with Crippen molar-refractivity contribution in [1.82, 2.24) is 0 Å². The van der Waals surface area contributed by atoms with Crippen molar-refractivity contribution >= 4 is 41.7 Å². The first-order valence-electron chi connectivity index (χ1n) is 9.36. The first-order chi connectivity index (χ1) is 15.4. The third kappa shape index (κ3) is 4.43.